The molecule has 30 heavy (non-hydrogen) atoms. The highest BCUT2D eigenvalue weighted by Gasteiger charge is 2.49. The summed E-state index contributed by atoms with van der Waals surface area (Å²) >= 11 is 0. The second kappa shape index (κ2) is 8.60. The fourth-order valence-electron chi connectivity index (χ4n) is 5.00. The van der Waals surface area contributed by atoms with Gasteiger partial charge in [0.1, 0.15) is 5.54 Å². The van der Waals surface area contributed by atoms with Crippen molar-refractivity contribution in [1.82, 2.24) is 9.80 Å². The lowest BCUT2D eigenvalue weighted by Crippen LogP contribution is -2.61. The number of nitrogens with zero attached hydrogens (tertiary/aromatic N) is 2. The number of likely N-dealkylation sites (tertiary alicyclic amines) is 1. The molecule has 4 rings (SSSR count). The van der Waals surface area contributed by atoms with Crippen LogP contribution in [0.3, 0.4) is 0 Å². The summed E-state index contributed by atoms with van der Waals surface area (Å²) in [4.78, 5) is 29.7. The minimum atomic E-state index is -0.558. The molecule has 0 unspecified atom stereocenters. The van der Waals surface area contributed by atoms with Gasteiger partial charge in [-0.1, -0.05) is 54.6 Å². The predicted octanol–water partition coefficient (Wildman–Crippen LogP) is 2.42. The third-order valence-electron chi connectivity index (χ3n) is 6.98. The highest BCUT2D eigenvalue weighted by atomic mass is 16.2. The molecule has 2 amide bonds. The molecule has 0 bridgehead atoms. The fraction of sp³-hybridized carbons (Fsp3) is 0.440. The number of rotatable bonds is 6. The van der Waals surface area contributed by atoms with Crippen molar-refractivity contribution in [2.24, 2.45) is 11.7 Å². The number of primary amides is 1. The van der Waals surface area contributed by atoms with Crippen LogP contribution >= 0.6 is 0 Å². The van der Waals surface area contributed by atoms with E-state index in [9.17, 15) is 9.59 Å². The first kappa shape index (κ1) is 20.6. The van der Waals surface area contributed by atoms with E-state index in [1.54, 1.807) is 0 Å². The summed E-state index contributed by atoms with van der Waals surface area (Å²) in [5.41, 5.74) is 8.75. The van der Waals surface area contributed by atoms with Crippen LogP contribution in [0.25, 0.3) is 0 Å². The first-order valence-electron chi connectivity index (χ1n) is 10.9. The molecule has 0 atom stereocenters. The van der Waals surface area contributed by atoms with E-state index in [-0.39, 0.29) is 17.7 Å². The Labute approximate surface area is 178 Å². The smallest absolute Gasteiger partial charge is 0.243 e. The van der Waals surface area contributed by atoms with Crippen LogP contribution in [-0.4, -0.2) is 53.8 Å². The number of benzene rings is 2. The number of fused-ring (bicyclic) bond motifs is 1. The van der Waals surface area contributed by atoms with Gasteiger partial charge in [0.2, 0.25) is 11.8 Å². The van der Waals surface area contributed by atoms with Gasteiger partial charge in [-0.3, -0.25) is 14.5 Å². The van der Waals surface area contributed by atoms with Crippen molar-refractivity contribution in [2.45, 2.75) is 37.6 Å². The third-order valence-corrected chi connectivity index (χ3v) is 6.98. The van der Waals surface area contributed by atoms with E-state index < -0.39 is 5.54 Å². The fourth-order valence-corrected chi connectivity index (χ4v) is 5.00. The Balaban J connectivity index is 1.54. The lowest BCUT2D eigenvalue weighted by Gasteiger charge is -2.43. The maximum Gasteiger partial charge on any atom is 0.243 e. The molecule has 0 saturated carbocycles. The first-order chi connectivity index (χ1) is 14.5. The van der Waals surface area contributed by atoms with Crippen LogP contribution in [-0.2, 0) is 28.9 Å². The number of likely N-dealkylation sites (N-methyl/N-ethyl adjacent to an activating group) is 1. The molecule has 2 aromatic carbocycles. The molecule has 2 aromatic rings. The lowest BCUT2D eigenvalue weighted by atomic mass is 9.88. The molecule has 1 saturated heterocycles. The summed E-state index contributed by atoms with van der Waals surface area (Å²) in [6.07, 6.45) is 3.72. The highest BCUT2D eigenvalue weighted by molar-refractivity contribution is 5.88. The van der Waals surface area contributed by atoms with E-state index in [0.717, 1.165) is 25.8 Å². The molecule has 1 aliphatic heterocycles. The van der Waals surface area contributed by atoms with Gasteiger partial charge < -0.3 is 10.6 Å². The average Bonchev–Trinajstić information content (AvgIpc) is 3.18. The van der Waals surface area contributed by atoms with E-state index >= 15 is 0 Å². The van der Waals surface area contributed by atoms with E-state index in [1.807, 2.05) is 11.0 Å². The Morgan fingerprint density at radius 1 is 1.00 bits per heavy atom. The molecule has 1 heterocycles. The molecule has 0 spiro atoms. The Hall–Kier alpha value is -2.66. The van der Waals surface area contributed by atoms with Crippen molar-refractivity contribution in [3.8, 4) is 0 Å². The monoisotopic (exact) mass is 405 g/mol. The zero-order valence-corrected chi connectivity index (χ0v) is 17.7. The second-order valence-corrected chi connectivity index (χ2v) is 8.78. The molecule has 1 aliphatic carbocycles. The highest BCUT2D eigenvalue weighted by Crippen LogP contribution is 2.36. The zero-order chi connectivity index (χ0) is 21.1. The van der Waals surface area contributed by atoms with Crippen molar-refractivity contribution in [1.29, 1.82) is 0 Å². The van der Waals surface area contributed by atoms with Crippen LogP contribution in [0, 0.1) is 5.92 Å². The minimum Gasteiger partial charge on any atom is -0.369 e. The third kappa shape index (κ3) is 3.99. The maximum absolute atomic E-state index is 13.9. The lowest BCUT2D eigenvalue weighted by molar-refractivity contribution is -0.146. The van der Waals surface area contributed by atoms with Crippen LogP contribution < -0.4 is 5.73 Å². The second-order valence-electron chi connectivity index (χ2n) is 8.78. The number of hydrogen-bond donors (Lipinski definition) is 1. The minimum absolute atomic E-state index is 0.110. The van der Waals surface area contributed by atoms with Gasteiger partial charge in [-0.25, -0.2) is 0 Å². The van der Waals surface area contributed by atoms with Crippen LogP contribution in [0.2, 0.25) is 0 Å². The molecule has 158 valence electrons. The Bertz CT molecular complexity index is 879. The molecule has 5 heteroatoms. The Morgan fingerprint density at radius 3 is 2.13 bits per heavy atom. The summed E-state index contributed by atoms with van der Waals surface area (Å²) in [5.74, 6) is -0.163. The number of piperidine rings is 1. The summed E-state index contributed by atoms with van der Waals surface area (Å²) in [6.45, 7) is 2.04. The van der Waals surface area contributed by atoms with Crippen molar-refractivity contribution in [3.05, 3.63) is 71.3 Å². The number of amides is 2. The van der Waals surface area contributed by atoms with E-state index in [1.165, 1.54) is 16.7 Å². The van der Waals surface area contributed by atoms with Gasteiger partial charge in [0.25, 0.3) is 0 Å². The summed E-state index contributed by atoms with van der Waals surface area (Å²) in [6, 6.07) is 18.8. The molecular formula is C25H31N3O2. The molecule has 5 nitrogen and oxygen atoms in total. The average molecular weight is 406 g/mol. The van der Waals surface area contributed by atoms with Crippen molar-refractivity contribution >= 4 is 11.8 Å². The molecular weight excluding hydrogens is 374 g/mol. The van der Waals surface area contributed by atoms with Gasteiger partial charge in [-0.2, -0.15) is 0 Å². The summed E-state index contributed by atoms with van der Waals surface area (Å²) in [7, 11) is 2.09. The zero-order valence-electron chi connectivity index (χ0n) is 17.7. The van der Waals surface area contributed by atoms with Gasteiger partial charge in [0.15, 0.2) is 0 Å². The molecule has 1 fully saturated rings. The van der Waals surface area contributed by atoms with Crippen LogP contribution in [0.1, 0.15) is 29.5 Å². The van der Waals surface area contributed by atoms with Crippen LogP contribution in [0.15, 0.2) is 54.6 Å². The Morgan fingerprint density at radius 2 is 1.57 bits per heavy atom. The van der Waals surface area contributed by atoms with Crippen LogP contribution in [0.4, 0.5) is 0 Å². The first-order valence-corrected chi connectivity index (χ1v) is 10.9. The predicted molar refractivity (Wildman–Crippen MR) is 118 cm³/mol. The van der Waals surface area contributed by atoms with Gasteiger partial charge in [-0.15, -0.1) is 0 Å². The van der Waals surface area contributed by atoms with Gasteiger partial charge in [0, 0.05) is 38.4 Å². The van der Waals surface area contributed by atoms with Gasteiger partial charge in [-0.05, 0) is 43.0 Å². The molecule has 2 N–H and O–H groups in total. The number of nitrogens with two attached hydrogens (primary N) is 1. The van der Waals surface area contributed by atoms with Crippen molar-refractivity contribution in [2.75, 3.05) is 26.7 Å². The molecule has 2 aliphatic rings. The van der Waals surface area contributed by atoms with Gasteiger partial charge >= 0.3 is 0 Å². The molecule has 0 aromatic heterocycles. The largest absolute Gasteiger partial charge is 0.369 e. The summed E-state index contributed by atoms with van der Waals surface area (Å²) < 4.78 is 0. The Kier molecular flexibility index (Phi) is 5.91. The SMILES string of the molecule is CN(CCc1ccccc1)C1(C(=O)N2CCC(C(N)=O)CC2)Cc2ccccc2C1. The van der Waals surface area contributed by atoms with E-state index in [4.69, 9.17) is 5.73 Å². The van der Waals surface area contributed by atoms with Crippen LogP contribution in [0.5, 0.6) is 0 Å². The standard InChI is InChI=1S/C25H31N3O2/c1-27(14-11-19-7-3-2-4-8-19)25(17-21-9-5-6-10-22(21)18-25)24(30)28-15-12-20(13-16-28)23(26)29/h2-10,20H,11-18H2,1H3,(H2,26,29). The quantitative estimate of drug-likeness (QED) is 0.803. The van der Waals surface area contributed by atoms with Crippen molar-refractivity contribution < 1.29 is 9.59 Å². The normalized spacial score (nSPS) is 18.4. The molecule has 0 radical (unpaired) electrons. The number of carbonyl (C=O) groups is 2. The summed E-state index contributed by atoms with van der Waals surface area (Å²) in [5, 5.41) is 0. The van der Waals surface area contributed by atoms with E-state index in [2.05, 4.69) is 60.5 Å². The topological polar surface area (TPSA) is 66.6 Å². The maximum atomic E-state index is 13.9. The van der Waals surface area contributed by atoms with Crippen molar-refractivity contribution in [3.63, 3.8) is 0 Å². The number of carbonyl (C=O) groups excluding carboxylic acids is 2. The van der Waals surface area contributed by atoms with E-state index in [0.29, 0.717) is 25.9 Å². The number of hydrogen-bond acceptors (Lipinski definition) is 3. The van der Waals surface area contributed by atoms with Gasteiger partial charge in [0.05, 0.1) is 0 Å².